The Bertz CT molecular complexity index is 315. The molecule has 0 aromatic carbocycles. The van der Waals surface area contributed by atoms with Crippen LogP contribution in [-0.4, -0.2) is 17.0 Å². The normalized spacial score (nSPS) is 36.5. The molecule has 0 radical (unpaired) electrons. The quantitative estimate of drug-likeness (QED) is 0.390. The third-order valence-corrected chi connectivity index (χ3v) is 7.11. The molecule has 0 aliphatic heterocycles. The number of rotatable bonds is 8. The van der Waals surface area contributed by atoms with Crippen molar-refractivity contribution in [2.24, 2.45) is 17.3 Å². The molecule has 4 unspecified atom stereocenters. The number of halogens is 1. The number of ether oxygens (including phenoxy) is 1. The summed E-state index contributed by atoms with van der Waals surface area (Å²) in [6, 6.07) is 0. The molecular weight excluding hydrogens is 312 g/mol. The third-order valence-electron chi connectivity index (χ3n) is 6.28. The topological polar surface area (TPSA) is 9.23 Å². The van der Waals surface area contributed by atoms with Gasteiger partial charge in [-0.1, -0.05) is 62.4 Å². The van der Waals surface area contributed by atoms with Crippen molar-refractivity contribution in [3.63, 3.8) is 0 Å². The second-order valence-electron chi connectivity index (χ2n) is 7.73. The molecule has 20 heavy (non-hydrogen) atoms. The second kappa shape index (κ2) is 6.69. The van der Waals surface area contributed by atoms with E-state index in [1.165, 1.54) is 51.4 Å². The van der Waals surface area contributed by atoms with E-state index in [0.29, 0.717) is 11.5 Å². The van der Waals surface area contributed by atoms with Crippen molar-refractivity contribution < 1.29 is 4.74 Å². The molecule has 0 aromatic rings. The minimum atomic E-state index is 0.0834. The zero-order valence-corrected chi connectivity index (χ0v) is 15.5. The molecule has 2 saturated carbocycles. The highest BCUT2D eigenvalue weighted by molar-refractivity contribution is 9.09. The Balaban J connectivity index is 1.94. The molecule has 2 rings (SSSR count). The lowest BCUT2D eigenvalue weighted by molar-refractivity contribution is -0.166. The number of hydrogen-bond donors (Lipinski definition) is 0. The molecule has 1 nitrogen and oxygen atoms in total. The van der Waals surface area contributed by atoms with E-state index in [-0.39, 0.29) is 5.60 Å². The van der Waals surface area contributed by atoms with Crippen molar-refractivity contribution in [1.29, 1.82) is 0 Å². The molecular formula is C18H33BrO. The van der Waals surface area contributed by atoms with Crippen molar-refractivity contribution in [3.05, 3.63) is 0 Å². The van der Waals surface area contributed by atoms with Gasteiger partial charge in [-0.05, 0) is 49.9 Å². The van der Waals surface area contributed by atoms with Crippen molar-refractivity contribution in [2.45, 2.75) is 90.8 Å². The highest BCUT2D eigenvalue weighted by Gasteiger charge is 2.63. The molecule has 0 amide bonds. The Morgan fingerprint density at radius 3 is 2.40 bits per heavy atom. The van der Waals surface area contributed by atoms with Crippen LogP contribution in [0.1, 0.15) is 79.1 Å². The Kier molecular flexibility index (Phi) is 5.62. The lowest BCUT2D eigenvalue weighted by Crippen LogP contribution is -2.54. The average molecular weight is 345 g/mol. The van der Waals surface area contributed by atoms with Crippen LogP contribution in [0, 0.1) is 17.3 Å². The fourth-order valence-corrected chi connectivity index (χ4v) is 6.08. The van der Waals surface area contributed by atoms with Gasteiger partial charge in [0, 0.05) is 5.33 Å². The van der Waals surface area contributed by atoms with E-state index < -0.39 is 0 Å². The van der Waals surface area contributed by atoms with Crippen LogP contribution < -0.4 is 0 Å². The lowest BCUT2D eigenvalue weighted by atomic mass is 9.66. The largest absolute Gasteiger partial charge is 0.370 e. The molecule has 0 spiro atoms. The van der Waals surface area contributed by atoms with Gasteiger partial charge in [-0.3, -0.25) is 0 Å². The predicted octanol–water partition coefficient (Wildman–Crippen LogP) is 5.95. The first-order valence-corrected chi connectivity index (χ1v) is 9.84. The van der Waals surface area contributed by atoms with Crippen LogP contribution in [0.25, 0.3) is 0 Å². The molecule has 2 aliphatic rings. The first-order valence-electron chi connectivity index (χ1n) is 8.71. The van der Waals surface area contributed by atoms with Crippen LogP contribution in [-0.2, 0) is 4.74 Å². The molecule has 0 heterocycles. The molecule has 2 bridgehead atoms. The third kappa shape index (κ3) is 2.84. The summed E-state index contributed by atoms with van der Waals surface area (Å²) in [6.45, 7) is 9.46. The minimum absolute atomic E-state index is 0.0834. The summed E-state index contributed by atoms with van der Waals surface area (Å²) in [5.74, 6) is 1.65. The monoisotopic (exact) mass is 344 g/mol. The van der Waals surface area contributed by atoms with Gasteiger partial charge in [0.05, 0.1) is 11.7 Å². The van der Waals surface area contributed by atoms with Crippen molar-refractivity contribution in [1.82, 2.24) is 0 Å². The van der Waals surface area contributed by atoms with Gasteiger partial charge in [0.1, 0.15) is 0 Å². The number of hydrogen-bond acceptors (Lipinski definition) is 1. The smallest absolute Gasteiger partial charge is 0.0863 e. The van der Waals surface area contributed by atoms with Gasteiger partial charge in [0.2, 0.25) is 0 Å². The molecule has 0 N–H and O–H groups in total. The van der Waals surface area contributed by atoms with Gasteiger partial charge in [0.25, 0.3) is 0 Å². The number of alkyl halides is 1. The summed E-state index contributed by atoms with van der Waals surface area (Å²) in [4.78, 5) is 0. The van der Waals surface area contributed by atoms with E-state index >= 15 is 0 Å². The Morgan fingerprint density at radius 1 is 1.15 bits per heavy atom. The summed E-state index contributed by atoms with van der Waals surface area (Å²) in [7, 11) is 0. The minimum Gasteiger partial charge on any atom is -0.370 e. The predicted molar refractivity (Wildman–Crippen MR) is 90.4 cm³/mol. The van der Waals surface area contributed by atoms with Gasteiger partial charge >= 0.3 is 0 Å². The number of unbranched alkanes of at least 4 members (excludes halogenated alkanes) is 3. The van der Waals surface area contributed by atoms with Crippen LogP contribution in [0.5, 0.6) is 0 Å². The van der Waals surface area contributed by atoms with Crippen molar-refractivity contribution in [3.8, 4) is 0 Å². The fourth-order valence-electron chi connectivity index (χ4n) is 4.77. The first-order chi connectivity index (χ1) is 9.48. The van der Waals surface area contributed by atoms with E-state index in [0.717, 1.165) is 17.2 Å². The second-order valence-corrected chi connectivity index (χ2v) is 8.29. The highest BCUT2D eigenvalue weighted by atomic mass is 79.9. The molecule has 4 atom stereocenters. The molecule has 2 fully saturated rings. The molecule has 2 heteroatoms. The maximum atomic E-state index is 6.73. The summed E-state index contributed by atoms with van der Waals surface area (Å²) < 4.78 is 6.73. The maximum Gasteiger partial charge on any atom is 0.0863 e. The zero-order chi connectivity index (χ0) is 14.8. The first kappa shape index (κ1) is 16.8. The van der Waals surface area contributed by atoms with E-state index in [4.69, 9.17) is 4.74 Å². The SMILES string of the molecule is CCCCCCC(C)OC1(CBr)C2CCC(C2)C1(C)C. The van der Waals surface area contributed by atoms with Crippen LogP contribution in [0.3, 0.4) is 0 Å². The van der Waals surface area contributed by atoms with Gasteiger partial charge in [0.15, 0.2) is 0 Å². The Morgan fingerprint density at radius 2 is 1.85 bits per heavy atom. The van der Waals surface area contributed by atoms with E-state index in [2.05, 4.69) is 43.6 Å². The van der Waals surface area contributed by atoms with Crippen LogP contribution in [0.2, 0.25) is 0 Å². The molecule has 0 aromatic heterocycles. The zero-order valence-electron chi connectivity index (χ0n) is 13.9. The van der Waals surface area contributed by atoms with E-state index in [1.54, 1.807) is 0 Å². The van der Waals surface area contributed by atoms with E-state index in [1.807, 2.05) is 0 Å². The molecule has 118 valence electrons. The summed E-state index contributed by atoms with van der Waals surface area (Å²) >= 11 is 3.81. The lowest BCUT2D eigenvalue weighted by Gasteiger charge is -2.50. The molecule has 0 saturated heterocycles. The molecule has 2 aliphatic carbocycles. The number of fused-ring (bicyclic) bond motifs is 2. The summed E-state index contributed by atoms with van der Waals surface area (Å²) in [5, 5.41) is 1.01. The highest BCUT2D eigenvalue weighted by Crippen LogP contribution is 2.63. The van der Waals surface area contributed by atoms with Crippen LogP contribution in [0.4, 0.5) is 0 Å². The van der Waals surface area contributed by atoms with Gasteiger partial charge < -0.3 is 4.74 Å². The standard InChI is InChI=1S/C18H33BrO/c1-5-6-7-8-9-14(2)20-18(13-19)16-11-10-15(12-16)17(18,3)4/h14-16H,5-13H2,1-4H3. The maximum absolute atomic E-state index is 6.73. The van der Waals surface area contributed by atoms with E-state index in [9.17, 15) is 0 Å². The average Bonchev–Trinajstić information content (AvgIpc) is 2.97. The fraction of sp³-hybridized carbons (Fsp3) is 1.00. The van der Waals surface area contributed by atoms with Gasteiger partial charge in [-0.15, -0.1) is 0 Å². The summed E-state index contributed by atoms with van der Waals surface area (Å²) in [6.07, 6.45) is 11.2. The van der Waals surface area contributed by atoms with Crippen molar-refractivity contribution in [2.75, 3.05) is 5.33 Å². The van der Waals surface area contributed by atoms with Crippen molar-refractivity contribution >= 4 is 15.9 Å². The Hall–Kier alpha value is 0.440. The Labute approximate surface area is 134 Å². The van der Waals surface area contributed by atoms with Gasteiger partial charge in [-0.25, -0.2) is 0 Å². The van der Waals surface area contributed by atoms with Crippen LogP contribution in [0.15, 0.2) is 0 Å². The van der Waals surface area contributed by atoms with Gasteiger partial charge in [-0.2, -0.15) is 0 Å². The summed E-state index contributed by atoms with van der Waals surface area (Å²) in [5.41, 5.74) is 0.414. The van der Waals surface area contributed by atoms with Crippen LogP contribution >= 0.6 is 15.9 Å².